The molecule has 6 aromatic rings. The zero-order valence-corrected chi connectivity index (χ0v) is 36.5. The fraction of sp³-hybridized carbons (Fsp3) is 0.261. The van der Waals surface area contributed by atoms with Crippen LogP contribution in [0.3, 0.4) is 0 Å². The van der Waals surface area contributed by atoms with Crippen LogP contribution in [-0.4, -0.2) is 71.9 Å². The highest BCUT2D eigenvalue weighted by Crippen LogP contribution is 2.43. The highest BCUT2D eigenvalue weighted by Gasteiger charge is 2.30. The molecule has 1 aliphatic heterocycles. The van der Waals surface area contributed by atoms with Gasteiger partial charge in [-0.1, -0.05) is 29.8 Å². The summed E-state index contributed by atoms with van der Waals surface area (Å²) in [6.07, 6.45) is -0.255. The molecule has 3 heterocycles. The number of carbonyl (C=O) groups is 1. The summed E-state index contributed by atoms with van der Waals surface area (Å²) in [6, 6.07) is 23.5. The first-order valence-electron chi connectivity index (χ1n) is 19.7. The van der Waals surface area contributed by atoms with Crippen LogP contribution in [0.2, 0.25) is 5.02 Å². The third kappa shape index (κ3) is 11.0. The van der Waals surface area contributed by atoms with E-state index in [4.69, 9.17) is 30.5 Å². The van der Waals surface area contributed by atoms with Crippen molar-refractivity contribution in [3.63, 3.8) is 0 Å². The van der Waals surface area contributed by atoms with Gasteiger partial charge in [0.2, 0.25) is 0 Å². The van der Waals surface area contributed by atoms with Crippen molar-refractivity contribution < 1.29 is 41.3 Å². The molecule has 1 fully saturated rings. The lowest BCUT2D eigenvalue weighted by molar-refractivity contribution is -0.137. The van der Waals surface area contributed by atoms with E-state index in [-0.39, 0.29) is 28.3 Å². The Morgan fingerprint density at radius 1 is 0.794 bits per heavy atom. The van der Waals surface area contributed by atoms with Crippen molar-refractivity contribution in [1.82, 2.24) is 19.9 Å². The standard InChI is InChI=1S/C46H43ClF4N6O5S/c1-45(2,3)62-44(58)56-20-18-55(19-21-56)43-23-31(14-17-53-43)35-22-30(29-6-10-33(11-7-29)46(49,50)51)9-13-38(35)61-40-26-37(48)41(25-36(40)47)63-57(42-15-16-52-28-54-42)27-32-8-12-34(59-4)24-39(32)60-5/h6-17,22-26,28H,18-21,27H2,1-5H3. The molecule has 0 unspecified atom stereocenters. The number of anilines is 2. The maximum Gasteiger partial charge on any atom is 0.416 e. The number of pyridine rings is 1. The lowest BCUT2D eigenvalue weighted by Crippen LogP contribution is -2.50. The Balaban J connectivity index is 1.19. The van der Waals surface area contributed by atoms with Gasteiger partial charge in [0.25, 0.3) is 0 Å². The third-order valence-electron chi connectivity index (χ3n) is 9.88. The first-order valence-corrected chi connectivity index (χ1v) is 20.8. The number of aromatic nitrogens is 3. The van der Waals surface area contributed by atoms with Gasteiger partial charge in [-0.2, -0.15) is 13.2 Å². The van der Waals surface area contributed by atoms with Gasteiger partial charge in [-0.15, -0.1) is 0 Å². The summed E-state index contributed by atoms with van der Waals surface area (Å²) in [6.45, 7) is 7.54. The van der Waals surface area contributed by atoms with Gasteiger partial charge in [0.05, 0.1) is 36.2 Å². The predicted octanol–water partition coefficient (Wildman–Crippen LogP) is 11.6. The number of halogens is 5. The number of amides is 1. The fourth-order valence-electron chi connectivity index (χ4n) is 6.70. The van der Waals surface area contributed by atoms with Crippen molar-refractivity contribution in [2.45, 2.75) is 44.0 Å². The molecular formula is C46H43ClF4N6O5S. The molecule has 4 aromatic carbocycles. The minimum Gasteiger partial charge on any atom is -0.497 e. The van der Waals surface area contributed by atoms with Gasteiger partial charge in [0.15, 0.2) is 0 Å². The molecule has 11 nitrogen and oxygen atoms in total. The van der Waals surface area contributed by atoms with Gasteiger partial charge in [-0.3, -0.25) is 4.31 Å². The lowest BCUT2D eigenvalue weighted by Gasteiger charge is -2.36. The summed E-state index contributed by atoms with van der Waals surface area (Å²) in [5, 5.41) is 0.111. The first kappa shape index (κ1) is 44.8. The zero-order chi connectivity index (χ0) is 44.9. The van der Waals surface area contributed by atoms with Gasteiger partial charge in [0.1, 0.15) is 52.4 Å². The summed E-state index contributed by atoms with van der Waals surface area (Å²) in [7, 11) is 3.11. The number of hydrogen-bond acceptors (Lipinski definition) is 11. The lowest BCUT2D eigenvalue weighted by atomic mass is 9.97. The highest BCUT2D eigenvalue weighted by atomic mass is 35.5. The Kier molecular flexibility index (Phi) is 13.5. The average Bonchev–Trinajstić information content (AvgIpc) is 3.27. The molecule has 0 aliphatic carbocycles. The number of alkyl halides is 3. The second-order valence-corrected chi connectivity index (χ2v) is 16.8. The number of nitrogens with zero attached hydrogens (tertiary/aromatic N) is 6. The van der Waals surface area contributed by atoms with Crippen LogP contribution in [0, 0.1) is 5.82 Å². The van der Waals surface area contributed by atoms with E-state index in [1.807, 2.05) is 37.8 Å². The largest absolute Gasteiger partial charge is 0.497 e. The van der Waals surface area contributed by atoms with E-state index >= 15 is 4.39 Å². The second-order valence-electron chi connectivity index (χ2n) is 15.3. The van der Waals surface area contributed by atoms with Crippen molar-refractivity contribution in [3.8, 4) is 45.3 Å². The molecule has 0 spiro atoms. The SMILES string of the molecule is COc1ccc(CN(Sc2cc(Cl)c(Oc3ccc(-c4ccc(C(F)(F)F)cc4)cc3-c3ccnc(N4CCN(C(=O)OC(C)(C)C)CC4)c3)cc2F)c2ccncn2)c(OC)c1. The van der Waals surface area contributed by atoms with E-state index < -0.39 is 23.2 Å². The van der Waals surface area contributed by atoms with Crippen LogP contribution >= 0.6 is 23.5 Å². The molecule has 63 heavy (non-hydrogen) atoms. The van der Waals surface area contributed by atoms with Crippen LogP contribution < -0.4 is 23.4 Å². The van der Waals surface area contributed by atoms with Gasteiger partial charge in [-0.05, 0) is 110 Å². The van der Waals surface area contributed by atoms with Crippen molar-refractivity contribution in [2.75, 3.05) is 49.6 Å². The third-order valence-corrected chi connectivity index (χ3v) is 11.2. The normalized spacial score (nSPS) is 13.1. The van der Waals surface area contributed by atoms with Crippen LogP contribution in [0.1, 0.15) is 31.9 Å². The number of hydrogen-bond donors (Lipinski definition) is 0. The Morgan fingerprint density at radius 2 is 1.54 bits per heavy atom. The molecule has 7 rings (SSSR count). The minimum absolute atomic E-state index is 0.0278. The average molecular weight is 903 g/mol. The molecule has 1 saturated heterocycles. The van der Waals surface area contributed by atoms with Crippen LogP contribution in [0.15, 0.2) is 115 Å². The molecule has 0 saturated carbocycles. The van der Waals surface area contributed by atoms with E-state index in [9.17, 15) is 18.0 Å². The van der Waals surface area contributed by atoms with Crippen molar-refractivity contribution >= 4 is 41.3 Å². The van der Waals surface area contributed by atoms with E-state index in [1.165, 1.54) is 30.6 Å². The van der Waals surface area contributed by atoms with Crippen LogP contribution in [0.4, 0.5) is 34.0 Å². The predicted molar refractivity (Wildman–Crippen MR) is 235 cm³/mol. The van der Waals surface area contributed by atoms with Crippen molar-refractivity contribution in [2.24, 2.45) is 0 Å². The van der Waals surface area contributed by atoms with Gasteiger partial charge in [0, 0.05) is 61.8 Å². The van der Waals surface area contributed by atoms with Gasteiger partial charge in [-0.25, -0.2) is 24.1 Å². The molecule has 17 heteroatoms. The maximum absolute atomic E-state index is 16.2. The van der Waals surface area contributed by atoms with Gasteiger partial charge >= 0.3 is 12.3 Å². The molecular weight excluding hydrogens is 860 g/mol. The quantitative estimate of drug-likeness (QED) is 0.0866. The van der Waals surface area contributed by atoms with Gasteiger partial charge < -0.3 is 28.7 Å². The summed E-state index contributed by atoms with van der Waals surface area (Å²) in [5.41, 5.74) is 1.74. The number of piperazine rings is 1. The van der Waals surface area contributed by atoms with E-state index in [2.05, 4.69) is 15.0 Å². The summed E-state index contributed by atoms with van der Waals surface area (Å²) < 4.78 is 81.3. The molecule has 0 radical (unpaired) electrons. The minimum atomic E-state index is -4.49. The molecule has 0 atom stereocenters. The Bertz CT molecular complexity index is 2560. The zero-order valence-electron chi connectivity index (χ0n) is 35.0. The fourth-order valence-corrected chi connectivity index (χ4v) is 7.93. The molecule has 0 bridgehead atoms. The van der Waals surface area contributed by atoms with E-state index in [0.29, 0.717) is 77.3 Å². The topological polar surface area (TPSA) is 102 Å². The van der Waals surface area contributed by atoms with E-state index in [1.54, 1.807) is 78.3 Å². The molecule has 2 aromatic heterocycles. The van der Waals surface area contributed by atoms with Crippen LogP contribution in [0.25, 0.3) is 22.3 Å². The van der Waals surface area contributed by atoms with Crippen molar-refractivity contribution in [3.05, 3.63) is 132 Å². The molecule has 0 N–H and O–H groups in total. The molecule has 1 amide bonds. The Hall–Kier alpha value is -6.26. The summed E-state index contributed by atoms with van der Waals surface area (Å²) in [5.74, 6) is 2.02. The first-order chi connectivity index (χ1) is 30.1. The number of rotatable bonds is 12. The molecule has 328 valence electrons. The summed E-state index contributed by atoms with van der Waals surface area (Å²) in [4.78, 5) is 29.7. The smallest absolute Gasteiger partial charge is 0.416 e. The Labute approximate surface area is 371 Å². The van der Waals surface area contributed by atoms with Crippen LogP contribution in [-0.2, 0) is 17.5 Å². The van der Waals surface area contributed by atoms with Crippen molar-refractivity contribution in [1.29, 1.82) is 0 Å². The highest BCUT2D eigenvalue weighted by molar-refractivity contribution is 8.00. The number of ether oxygens (including phenoxy) is 4. The monoisotopic (exact) mass is 902 g/mol. The maximum atomic E-state index is 16.2. The van der Waals surface area contributed by atoms with E-state index in [0.717, 1.165) is 29.6 Å². The van der Waals surface area contributed by atoms with Crippen LogP contribution in [0.5, 0.6) is 23.0 Å². The second kappa shape index (κ2) is 19.0. The Morgan fingerprint density at radius 3 is 2.21 bits per heavy atom. The number of methoxy groups -OCH3 is 2. The number of benzene rings is 4. The molecule has 1 aliphatic rings. The number of carbonyl (C=O) groups excluding carboxylic acids is 1. The summed E-state index contributed by atoms with van der Waals surface area (Å²) >= 11 is 7.94.